The van der Waals surface area contributed by atoms with Gasteiger partial charge in [0.1, 0.15) is 0 Å². The smallest absolute Gasteiger partial charge is 0.211 e. The topological polar surface area (TPSA) is 102 Å². The molecule has 2 saturated heterocycles. The number of sulfone groups is 1. The molecule has 3 atom stereocenters. The van der Waals surface area contributed by atoms with Gasteiger partial charge in [-0.25, -0.2) is 21.1 Å². The number of benzene rings is 2. The van der Waals surface area contributed by atoms with Crippen LogP contribution in [0.5, 0.6) is 0 Å². The van der Waals surface area contributed by atoms with Crippen LogP contribution < -0.4 is 4.90 Å². The Morgan fingerprint density at radius 2 is 1.56 bits per heavy atom. The zero-order chi connectivity index (χ0) is 30.4. The van der Waals surface area contributed by atoms with Crippen molar-refractivity contribution in [3.8, 4) is 6.07 Å². The molecule has 8 nitrogen and oxygen atoms in total. The van der Waals surface area contributed by atoms with Crippen molar-refractivity contribution >= 4 is 25.5 Å². The molecule has 0 spiro atoms. The molecule has 4 aliphatic rings. The van der Waals surface area contributed by atoms with Gasteiger partial charge in [-0.1, -0.05) is 36.8 Å². The van der Waals surface area contributed by atoms with Gasteiger partial charge in [-0.2, -0.15) is 5.26 Å². The summed E-state index contributed by atoms with van der Waals surface area (Å²) in [4.78, 5) is 5.29. The van der Waals surface area contributed by atoms with Gasteiger partial charge in [0.15, 0.2) is 9.84 Å². The molecule has 0 bridgehead atoms. The van der Waals surface area contributed by atoms with Gasteiger partial charge in [-0.05, 0) is 93.3 Å². The molecule has 6 rings (SSSR count). The number of rotatable bonds is 10. The molecule has 0 N–H and O–H groups in total. The molecule has 43 heavy (non-hydrogen) atoms. The second kappa shape index (κ2) is 11.8. The number of hydrogen-bond acceptors (Lipinski definition) is 7. The molecule has 2 saturated carbocycles. The lowest BCUT2D eigenvalue weighted by Gasteiger charge is -2.48. The molecular weight excluding hydrogens is 581 g/mol. The van der Waals surface area contributed by atoms with Crippen molar-refractivity contribution in [3.63, 3.8) is 0 Å². The van der Waals surface area contributed by atoms with Gasteiger partial charge in [0.25, 0.3) is 0 Å². The Morgan fingerprint density at radius 3 is 2.14 bits per heavy atom. The summed E-state index contributed by atoms with van der Waals surface area (Å²) in [7, 11) is -4.84. The number of sulfonamides is 1. The highest BCUT2D eigenvalue weighted by Gasteiger charge is 2.53. The summed E-state index contributed by atoms with van der Waals surface area (Å²) < 4.78 is 51.7. The second-order valence-electron chi connectivity index (χ2n) is 13.3. The predicted octanol–water partition coefficient (Wildman–Crippen LogP) is 4.29. The SMILES string of the molecule is CN([C@H]1CCC[C@@H]1C(C#N)(c1ccccc1)C1CCN(CC2CN(c3ccc(S(=O)(=O)C4CC4)cc3)C2)CC1)S(C)(=O)=O. The molecule has 0 radical (unpaired) electrons. The van der Waals surface area contributed by atoms with Crippen molar-refractivity contribution in [1.82, 2.24) is 9.21 Å². The number of anilines is 1. The third kappa shape index (κ3) is 5.86. The number of hydrogen-bond donors (Lipinski definition) is 0. The van der Waals surface area contributed by atoms with Crippen molar-refractivity contribution in [2.45, 2.75) is 66.5 Å². The average molecular weight is 625 g/mol. The maximum atomic E-state index is 12.6. The van der Waals surface area contributed by atoms with Crippen LogP contribution in [0.2, 0.25) is 0 Å². The van der Waals surface area contributed by atoms with Gasteiger partial charge in [0.05, 0.1) is 27.9 Å². The number of nitrogens with zero attached hydrogens (tertiary/aromatic N) is 4. The highest BCUT2D eigenvalue weighted by Crippen LogP contribution is 2.51. The highest BCUT2D eigenvalue weighted by molar-refractivity contribution is 7.92. The molecule has 2 aromatic rings. The van der Waals surface area contributed by atoms with Crippen LogP contribution in [-0.2, 0) is 25.3 Å². The molecule has 4 fully saturated rings. The number of piperidine rings is 1. The summed E-state index contributed by atoms with van der Waals surface area (Å²) in [6.45, 7) is 4.81. The Balaban J connectivity index is 1.09. The van der Waals surface area contributed by atoms with Crippen molar-refractivity contribution in [3.05, 3.63) is 60.2 Å². The standard InChI is InChI=1S/C33H44N4O4S2/c1-35(42(2,38)39)32-10-6-9-31(32)33(24-34,26-7-4-3-5-8-26)27-17-19-36(20-18-27)21-25-22-37(23-25)28-11-13-29(14-12-28)43(40,41)30-15-16-30/h3-5,7-8,11-14,25,27,30-32H,6,9-10,15-23H2,1-2H3/t31-,32-,33?/m0/s1. The van der Waals surface area contributed by atoms with E-state index >= 15 is 0 Å². The maximum Gasteiger partial charge on any atom is 0.211 e. The zero-order valence-corrected chi connectivity index (χ0v) is 26.9. The lowest BCUT2D eigenvalue weighted by atomic mass is 9.59. The van der Waals surface area contributed by atoms with Gasteiger partial charge in [0.2, 0.25) is 10.0 Å². The fraction of sp³-hybridized carbons (Fsp3) is 0.606. The van der Waals surface area contributed by atoms with E-state index < -0.39 is 25.3 Å². The Bertz CT molecular complexity index is 1540. The van der Waals surface area contributed by atoms with E-state index in [0.29, 0.717) is 10.8 Å². The molecule has 2 aliphatic carbocycles. The van der Waals surface area contributed by atoms with Crippen LogP contribution in [0.3, 0.4) is 0 Å². The molecule has 1 unspecified atom stereocenters. The minimum absolute atomic E-state index is 0.0398. The van der Waals surface area contributed by atoms with E-state index in [-0.39, 0.29) is 23.1 Å². The third-order valence-electron chi connectivity index (χ3n) is 10.7. The van der Waals surface area contributed by atoms with E-state index in [4.69, 9.17) is 0 Å². The van der Waals surface area contributed by atoms with Crippen molar-refractivity contribution in [2.24, 2.45) is 17.8 Å². The van der Waals surface area contributed by atoms with Crippen molar-refractivity contribution < 1.29 is 16.8 Å². The van der Waals surface area contributed by atoms with Gasteiger partial charge in [-0.15, -0.1) is 0 Å². The maximum absolute atomic E-state index is 12.6. The van der Waals surface area contributed by atoms with Crippen LogP contribution in [-0.4, -0.2) is 83.4 Å². The first kappa shape index (κ1) is 30.6. The Labute approximate surface area is 257 Å². The minimum Gasteiger partial charge on any atom is -0.371 e. The van der Waals surface area contributed by atoms with Crippen LogP contribution in [0, 0.1) is 29.1 Å². The summed E-state index contributed by atoms with van der Waals surface area (Å²) >= 11 is 0. The monoisotopic (exact) mass is 624 g/mol. The Kier molecular flexibility index (Phi) is 8.40. The van der Waals surface area contributed by atoms with E-state index in [1.54, 1.807) is 19.2 Å². The summed E-state index contributed by atoms with van der Waals surface area (Å²) in [5.74, 6) is 0.684. The largest absolute Gasteiger partial charge is 0.371 e. The van der Waals surface area contributed by atoms with Crippen LogP contribution >= 0.6 is 0 Å². The first-order valence-corrected chi connectivity index (χ1v) is 19.1. The second-order valence-corrected chi connectivity index (χ2v) is 17.6. The van der Waals surface area contributed by atoms with Crippen LogP contribution in [0.25, 0.3) is 0 Å². The molecule has 0 amide bonds. The van der Waals surface area contributed by atoms with E-state index in [9.17, 15) is 22.1 Å². The summed E-state index contributed by atoms with van der Waals surface area (Å²) in [6, 6.07) is 20.2. The summed E-state index contributed by atoms with van der Waals surface area (Å²) in [6.07, 6.45) is 7.25. The quantitative estimate of drug-likeness (QED) is 0.389. The lowest BCUT2D eigenvalue weighted by Crippen LogP contribution is -2.55. The van der Waals surface area contributed by atoms with E-state index in [1.807, 2.05) is 30.3 Å². The first-order valence-electron chi connectivity index (χ1n) is 15.7. The molecule has 2 aliphatic heterocycles. The van der Waals surface area contributed by atoms with E-state index in [0.717, 1.165) is 88.9 Å². The van der Waals surface area contributed by atoms with Gasteiger partial charge >= 0.3 is 0 Å². The summed E-state index contributed by atoms with van der Waals surface area (Å²) in [5, 5.41) is 10.8. The predicted molar refractivity (Wildman–Crippen MR) is 169 cm³/mol. The van der Waals surface area contributed by atoms with E-state index in [2.05, 4.69) is 28.0 Å². The Morgan fingerprint density at radius 1 is 0.907 bits per heavy atom. The van der Waals surface area contributed by atoms with Crippen LogP contribution in [0.4, 0.5) is 5.69 Å². The van der Waals surface area contributed by atoms with Crippen molar-refractivity contribution in [1.29, 1.82) is 5.26 Å². The number of likely N-dealkylation sites (tertiary alicyclic amines) is 1. The fourth-order valence-corrected chi connectivity index (χ4v) is 10.5. The molecule has 10 heteroatoms. The molecule has 232 valence electrons. The van der Waals surface area contributed by atoms with E-state index in [1.165, 1.54) is 10.6 Å². The van der Waals surface area contributed by atoms with Crippen LogP contribution in [0.1, 0.15) is 50.5 Å². The molecule has 0 aromatic heterocycles. The average Bonchev–Trinajstić information content (AvgIpc) is 3.75. The van der Waals surface area contributed by atoms with Gasteiger partial charge < -0.3 is 9.80 Å². The molecule has 2 heterocycles. The first-order chi connectivity index (χ1) is 20.5. The molecular formula is C33H44N4O4S2. The Hall–Kier alpha value is -2.45. The highest BCUT2D eigenvalue weighted by atomic mass is 32.2. The fourth-order valence-electron chi connectivity index (χ4n) is 8.11. The van der Waals surface area contributed by atoms with Crippen molar-refractivity contribution in [2.75, 3.05) is 50.9 Å². The zero-order valence-electron chi connectivity index (χ0n) is 25.3. The molecule has 2 aromatic carbocycles. The normalized spacial score (nSPS) is 25.8. The van der Waals surface area contributed by atoms with Gasteiger partial charge in [0, 0.05) is 44.3 Å². The minimum atomic E-state index is -3.37. The van der Waals surface area contributed by atoms with Gasteiger partial charge in [-0.3, -0.25) is 0 Å². The third-order valence-corrected chi connectivity index (χ3v) is 14.3. The lowest BCUT2D eigenvalue weighted by molar-refractivity contribution is 0.0885. The van der Waals surface area contributed by atoms with Crippen LogP contribution in [0.15, 0.2) is 59.5 Å². The summed E-state index contributed by atoms with van der Waals surface area (Å²) in [5.41, 5.74) is 1.39. The number of nitriles is 1.